The third-order valence-electron chi connectivity index (χ3n) is 3.09. The van der Waals surface area contributed by atoms with E-state index < -0.39 is 0 Å². The molecule has 1 saturated carbocycles. The smallest absolute Gasteiger partial charge is 0.182 e. The molecule has 0 saturated heterocycles. The Bertz CT molecular complexity index is 392. The lowest BCUT2D eigenvalue weighted by molar-refractivity contribution is 0.130. The number of aliphatic hydroxyl groups excluding tert-OH is 1. The number of hydrogen-bond acceptors (Lipinski definition) is 2. The van der Waals surface area contributed by atoms with Crippen LogP contribution in [-0.2, 0) is 6.54 Å². The molecule has 0 spiro atoms. The monoisotopic (exact) mass is 207 g/mol. The molecule has 2 rings (SSSR count). The maximum atomic E-state index is 11.2. The van der Waals surface area contributed by atoms with Crippen LogP contribution < -0.4 is 5.43 Å². The third kappa shape index (κ3) is 2.29. The highest BCUT2D eigenvalue weighted by Gasteiger charge is 2.29. The summed E-state index contributed by atoms with van der Waals surface area (Å²) in [4.78, 5) is 11.2. The molecule has 3 heteroatoms. The maximum Gasteiger partial charge on any atom is 0.182 e. The van der Waals surface area contributed by atoms with E-state index in [1.807, 2.05) is 18.4 Å². The van der Waals surface area contributed by atoms with Gasteiger partial charge in [-0.15, -0.1) is 0 Å². The summed E-state index contributed by atoms with van der Waals surface area (Å²) in [6.07, 6.45) is 2.02. The summed E-state index contributed by atoms with van der Waals surface area (Å²) < 4.78 is 2.02. The van der Waals surface area contributed by atoms with Gasteiger partial charge in [0.15, 0.2) is 5.43 Å². The van der Waals surface area contributed by atoms with Crippen molar-refractivity contribution in [2.75, 3.05) is 0 Å². The van der Waals surface area contributed by atoms with Gasteiger partial charge in [-0.3, -0.25) is 4.79 Å². The van der Waals surface area contributed by atoms with Crippen molar-refractivity contribution in [2.24, 2.45) is 5.92 Å². The first-order valence-electron chi connectivity index (χ1n) is 5.44. The van der Waals surface area contributed by atoms with E-state index >= 15 is 0 Å². The zero-order chi connectivity index (χ0) is 11.0. The highest BCUT2D eigenvalue weighted by atomic mass is 16.3. The number of hydrogen-bond donors (Lipinski definition) is 1. The SMILES string of the molecule is Cc1cc(=O)cc(C)n1CC(O)C1CC1. The van der Waals surface area contributed by atoms with Crippen LogP contribution in [0.1, 0.15) is 24.2 Å². The molecule has 0 radical (unpaired) electrons. The van der Waals surface area contributed by atoms with Crippen LogP contribution >= 0.6 is 0 Å². The number of nitrogens with zero attached hydrogens (tertiary/aromatic N) is 1. The summed E-state index contributed by atoms with van der Waals surface area (Å²) in [5.74, 6) is 0.475. The average molecular weight is 207 g/mol. The van der Waals surface area contributed by atoms with Crippen LogP contribution in [0.25, 0.3) is 0 Å². The quantitative estimate of drug-likeness (QED) is 0.810. The van der Waals surface area contributed by atoms with Gasteiger partial charge in [-0.1, -0.05) is 0 Å². The van der Waals surface area contributed by atoms with Crippen molar-refractivity contribution in [1.29, 1.82) is 0 Å². The summed E-state index contributed by atoms with van der Waals surface area (Å²) in [5, 5.41) is 9.86. The van der Waals surface area contributed by atoms with Crippen molar-refractivity contribution in [1.82, 2.24) is 4.57 Å². The lowest BCUT2D eigenvalue weighted by atomic mass is 10.2. The highest BCUT2D eigenvalue weighted by molar-refractivity contribution is 5.12. The van der Waals surface area contributed by atoms with Crippen molar-refractivity contribution in [2.45, 2.75) is 39.3 Å². The number of pyridine rings is 1. The average Bonchev–Trinajstić information content (AvgIpc) is 2.93. The highest BCUT2D eigenvalue weighted by Crippen LogP contribution is 2.33. The van der Waals surface area contributed by atoms with E-state index in [1.54, 1.807) is 12.1 Å². The Morgan fingerprint density at radius 1 is 1.40 bits per heavy atom. The first kappa shape index (κ1) is 10.4. The molecule has 15 heavy (non-hydrogen) atoms. The zero-order valence-electron chi connectivity index (χ0n) is 9.23. The maximum absolute atomic E-state index is 11.2. The van der Waals surface area contributed by atoms with Crippen molar-refractivity contribution >= 4 is 0 Å². The third-order valence-corrected chi connectivity index (χ3v) is 3.09. The van der Waals surface area contributed by atoms with E-state index in [-0.39, 0.29) is 11.5 Å². The van der Waals surface area contributed by atoms with E-state index in [1.165, 1.54) is 0 Å². The van der Waals surface area contributed by atoms with Gasteiger partial charge in [0, 0.05) is 30.1 Å². The minimum absolute atomic E-state index is 0.0437. The molecule has 1 atom stereocenters. The summed E-state index contributed by atoms with van der Waals surface area (Å²) in [5.41, 5.74) is 1.90. The molecular weight excluding hydrogens is 190 g/mol. The molecule has 0 aliphatic heterocycles. The number of aliphatic hydroxyl groups is 1. The summed E-state index contributed by atoms with van der Waals surface area (Å²) in [6.45, 7) is 4.44. The van der Waals surface area contributed by atoms with E-state index in [4.69, 9.17) is 0 Å². The molecule has 0 bridgehead atoms. The standard InChI is InChI=1S/C12H17NO2/c1-8-5-11(14)6-9(2)13(8)7-12(15)10-3-4-10/h5-6,10,12,15H,3-4,7H2,1-2H3. The van der Waals surface area contributed by atoms with E-state index in [0.29, 0.717) is 12.5 Å². The first-order valence-corrected chi connectivity index (χ1v) is 5.44. The summed E-state index contributed by atoms with van der Waals surface area (Å²) in [7, 11) is 0. The van der Waals surface area contributed by atoms with E-state index in [9.17, 15) is 9.90 Å². The number of rotatable bonds is 3. The normalized spacial score (nSPS) is 17.8. The van der Waals surface area contributed by atoms with Gasteiger partial charge < -0.3 is 9.67 Å². The molecule has 0 amide bonds. The van der Waals surface area contributed by atoms with Crippen LogP contribution in [0.3, 0.4) is 0 Å². The molecule has 0 aromatic carbocycles. The van der Waals surface area contributed by atoms with Crippen LogP contribution in [0, 0.1) is 19.8 Å². The fourth-order valence-electron chi connectivity index (χ4n) is 1.99. The number of aryl methyl sites for hydroxylation is 2. The van der Waals surface area contributed by atoms with Gasteiger partial charge in [-0.25, -0.2) is 0 Å². The second-order valence-electron chi connectivity index (χ2n) is 4.49. The lowest BCUT2D eigenvalue weighted by Gasteiger charge is -2.17. The van der Waals surface area contributed by atoms with Crippen LogP contribution in [0.15, 0.2) is 16.9 Å². The molecular formula is C12H17NO2. The van der Waals surface area contributed by atoms with Gasteiger partial charge in [0.2, 0.25) is 0 Å². The molecule has 1 aliphatic rings. The Hall–Kier alpha value is -1.09. The van der Waals surface area contributed by atoms with Gasteiger partial charge >= 0.3 is 0 Å². The zero-order valence-corrected chi connectivity index (χ0v) is 9.23. The van der Waals surface area contributed by atoms with Crippen molar-refractivity contribution in [3.63, 3.8) is 0 Å². The Balaban J connectivity index is 2.23. The first-order chi connectivity index (χ1) is 7.08. The Morgan fingerprint density at radius 2 is 1.93 bits per heavy atom. The van der Waals surface area contributed by atoms with Crippen molar-refractivity contribution in [3.05, 3.63) is 33.7 Å². The van der Waals surface area contributed by atoms with Crippen LogP contribution in [0.5, 0.6) is 0 Å². The Kier molecular flexibility index (Phi) is 2.65. The summed E-state index contributed by atoms with van der Waals surface area (Å²) in [6, 6.07) is 3.24. The van der Waals surface area contributed by atoms with Crippen LogP contribution in [0.2, 0.25) is 0 Å². The van der Waals surface area contributed by atoms with Gasteiger partial charge in [0.1, 0.15) is 0 Å². The molecule has 82 valence electrons. The van der Waals surface area contributed by atoms with Gasteiger partial charge in [-0.2, -0.15) is 0 Å². The predicted octanol–water partition coefficient (Wildman–Crippen LogP) is 1.24. The minimum atomic E-state index is -0.259. The Morgan fingerprint density at radius 3 is 2.40 bits per heavy atom. The van der Waals surface area contributed by atoms with Crippen molar-refractivity contribution < 1.29 is 5.11 Å². The van der Waals surface area contributed by atoms with E-state index in [0.717, 1.165) is 24.2 Å². The molecule has 1 N–H and O–H groups in total. The van der Waals surface area contributed by atoms with Crippen LogP contribution in [0.4, 0.5) is 0 Å². The number of aromatic nitrogens is 1. The van der Waals surface area contributed by atoms with Gasteiger partial charge in [-0.05, 0) is 32.6 Å². The fourth-order valence-corrected chi connectivity index (χ4v) is 1.99. The molecule has 1 aromatic heterocycles. The van der Waals surface area contributed by atoms with E-state index in [2.05, 4.69) is 0 Å². The lowest BCUT2D eigenvalue weighted by Crippen LogP contribution is -2.22. The van der Waals surface area contributed by atoms with Gasteiger partial charge in [0.25, 0.3) is 0 Å². The molecule has 3 nitrogen and oxygen atoms in total. The second kappa shape index (κ2) is 3.81. The predicted molar refractivity (Wildman–Crippen MR) is 58.9 cm³/mol. The molecule has 1 aliphatic carbocycles. The second-order valence-corrected chi connectivity index (χ2v) is 4.49. The largest absolute Gasteiger partial charge is 0.391 e. The molecule has 1 unspecified atom stereocenters. The summed E-state index contributed by atoms with van der Waals surface area (Å²) >= 11 is 0. The van der Waals surface area contributed by atoms with Crippen LogP contribution in [-0.4, -0.2) is 15.8 Å². The molecule has 1 aromatic rings. The van der Waals surface area contributed by atoms with Gasteiger partial charge in [0.05, 0.1) is 6.10 Å². The van der Waals surface area contributed by atoms with Crippen molar-refractivity contribution in [3.8, 4) is 0 Å². The Labute approximate surface area is 89.4 Å². The fraction of sp³-hybridized carbons (Fsp3) is 0.583. The minimum Gasteiger partial charge on any atom is -0.391 e. The topological polar surface area (TPSA) is 42.2 Å². The molecule has 1 heterocycles. The molecule has 1 fully saturated rings.